The van der Waals surface area contributed by atoms with E-state index in [0.29, 0.717) is 9.26 Å². The highest BCUT2D eigenvalue weighted by Crippen LogP contribution is 2.20. The van der Waals surface area contributed by atoms with E-state index in [1.54, 1.807) is 39.8 Å². The molecule has 0 fully saturated rings. The molecule has 0 saturated carbocycles. The second-order valence-electron chi connectivity index (χ2n) is 10.2. The van der Waals surface area contributed by atoms with E-state index in [1.807, 2.05) is 22.6 Å². The van der Waals surface area contributed by atoms with E-state index >= 15 is 0 Å². The quantitative estimate of drug-likeness (QED) is 0.0619. The average Bonchev–Trinajstić information content (AvgIpc) is 2.91. The average molecular weight is 750 g/mol. The second kappa shape index (κ2) is 16.4. The molecule has 18 heteroatoms. The molecule has 0 bridgehead atoms. The van der Waals surface area contributed by atoms with Crippen LogP contribution >= 0.6 is 22.6 Å². The molecule has 0 aliphatic heterocycles. The number of amides is 3. The number of hydrogen-bond acceptors (Lipinski definition) is 10. The minimum absolute atomic E-state index is 0.0286. The lowest BCUT2D eigenvalue weighted by Gasteiger charge is -2.23. The molecular weight excluding hydrogens is 713 g/mol. The van der Waals surface area contributed by atoms with E-state index in [0.717, 1.165) is 11.4 Å². The molecule has 1 aromatic heterocycles. The molecule has 242 valence electrons. The van der Waals surface area contributed by atoms with E-state index < -0.39 is 51.6 Å². The fraction of sp³-hybridized carbons (Fsp3) is 0.423. The van der Waals surface area contributed by atoms with Gasteiger partial charge in [0, 0.05) is 22.7 Å². The molecule has 0 aliphatic carbocycles. The smallest absolute Gasteiger partial charge is 0.428 e. The summed E-state index contributed by atoms with van der Waals surface area (Å²) in [4.78, 5) is 62.9. The number of halogens is 1. The number of carbonyl (C=O) groups excluding carboxylic acids is 3. The summed E-state index contributed by atoms with van der Waals surface area (Å²) < 4.78 is 34.0. The van der Waals surface area contributed by atoms with Crippen LogP contribution in [-0.2, 0) is 40.4 Å². The zero-order valence-electron chi connectivity index (χ0n) is 25.0. The topological polar surface area (TPSA) is 210 Å². The summed E-state index contributed by atoms with van der Waals surface area (Å²) in [5.41, 5.74) is 3.21. The fourth-order valence-electron chi connectivity index (χ4n) is 3.51. The SMILES string of the molecule is CON(C)C(=O)C(CCONC=NNC(=O)OC(C)(C)C)NC(=O)Cc1cc(C)[nH]c(=O)c1NS(=O)(=O)c1cccc(I)c1. The largest absolute Gasteiger partial charge is 0.443 e. The molecule has 2 rings (SSSR count). The fourth-order valence-corrected chi connectivity index (χ4v) is 5.41. The van der Waals surface area contributed by atoms with Gasteiger partial charge in [0.25, 0.3) is 21.5 Å². The van der Waals surface area contributed by atoms with E-state index in [-0.39, 0.29) is 29.2 Å². The van der Waals surface area contributed by atoms with Crippen molar-refractivity contribution < 1.29 is 37.2 Å². The maximum atomic E-state index is 13.1. The number of hydrazone groups is 1. The number of hydrogen-bond donors (Lipinski definition) is 5. The van der Waals surface area contributed by atoms with Gasteiger partial charge < -0.3 is 15.0 Å². The number of rotatable bonds is 14. The number of nitrogens with one attached hydrogen (secondary N) is 5. The van der Waals surface area contributed by atoms with E-state index in [9.17, 15) is 27.6 Å². The van der Waals surface area contributed by atoms with E-state index in [2.05, 4.69) is 31.0 Å². The molecule has 3 amide bonds. The number of pyridine rings is 1. The Morgan fingerprint density at radius 1 is 1.20 bits per heavy atom. The molecule has 2 aromatic rings. The monoisotopic (exact) mass is 749 g/mol. The molecule has 1 unspecified atom stereocenters. The minimum atomic E-state index is -4.16. The Hall–Kier alpha value is -3.75. The molecule has 44 heavy (non-hydrogen) atoms. The number of likely N-dealkylation sites (N-methyl/N-ethyl adjacent to an activating group) is 1. The molecule has 16 nitrogen and oxygen atoms in total. The van der Waals surface area contributed by atoms with Gasteiger partial charge in [0.1, 0.15) is 23.7 Å². The lowest BCUT2D eigenvalue weighted by molar-refractivity contribution is -0.172. The molecule has 0 radical (unpaired) electrons. The number of benzene rings is 1. The first kappa shape index (κ1) is 36.4. The number of carbonyl (C=O) groups is 3. The van der Waals surface area contributed by atoms with Crippen molar-refractivity contribution in [1.29, 1.82) is 0 Å². The Labute approximate surface area is 268 Å². The Morgan fingerprint density at radius 3 is 2.55 bits per heavy atom. The van der Waals surface area contributed by atoms with Crippen molar-refractivity contribution in [2.75, 3.05) is 25.5 Å². The van der Waals surface area contributed by atoms with Gasteiger partial charge in [0.05, 0.1) is 25.0 Å². The summed E-state index contributed by atoms with van der Waals surface area (Å²) in [6, 6.07) is 6.42. The number of H-pyrrole nitrogens is 1. The molecule has 0 saturated heterocycles. The normalized spacial score (nSPS) is 12.3. The van der Waals surface area contributed by atoms with Gasteiger partial charge in [-0.1, -0.05) is 6.07 Å². The van der Waals surface area contributed by atoms with Crippen LogP contribution in [0.25, 0.3) is 0 Å². The predicted octanol–water partition coefficient (Wildman–Crippen LogP) is 1.52. The van der Waals surface area contributed by atoms with Crippen LogP contribution in [0, 0.1) is 10.5 Å². The van der Waals surface area contributed by atoms with Gasteiger partial charge in [-0.05, 0) is 80.1 Å². The molecule has 5 N–H and O–H groups in total. The van der Waals surface area contributed by atoms with Gasteiger partial charge in [0.15, 0.2) is 0 Å². The highest BCUT2D eigenvalue weighted by Gasteiger charge is 2.26. The van der Waals surface area contributed by atoms with Crippen LogP contribution in [0.1, 0.15) is 38.4 Å². The van der Waals surface area contributed by atoms with Crippen molar-refractivity contribution in [3.8, 4) is 0 Å². The highest BCUT2D eigenvalue weighted by atomic mass is 127. The number of aromatic amines is 1. The summed E-state index contributed by atoms with van der Waals surface area (Å²) in [7, 11) is -1.54. The number of sulfonamides is 1. The predicted molar refractivity (Wildman–Crippen MR) is 169 cm³/mol. The standard InChI is InChI=1S/C26H36IN7O9S/c1-16-12-17(22(23(36)30-16)33-44(39,40)19-9-7-8-18(27)14-19)13-21(35)31-20(24(37)34(5)41-6)10-11-42-29-15-28-32-25(38)43-26(2,3)4/h7-9,12,14-15,20,33H,10-11,13H2,1-6H3,(H,28,29)(H,30,36)(H,31,35)(H,32,38). The Morgan fingerprint density at radius 2 is 1.91 bits per heavy atom. The lowest BCUT2D eigenvalue weighted by atomic mass is 10.1. The summed E-state index contributed by atoms with van der Waals surface area (Å²) in [6.45, 7) is 6.57. The Kier molecular flexibility index (Phi) is 13.5. The number of ether oxygens (including phenoxy) is 1. The number of anilines is 1. The van der Waals surface area contributed by atoms with Crippen molar-refractivity contribution in [3.05, 3.63) is 55.5 Å². The van der Waals surface area contributed by atoms with E-state index in [4.69, 9.17) is 14.4 Å². The number of aryl methyl sites for hydroxylation is 1. The first-order valence-electron chi connectivity index (χ1n) is 13.0. The van der Waals surface area contributed by atoms with Gasteiger partial charge in [-0.25, -0.2) is 23.7 Å². The Balaban J connectivity index is 2.10. The van der Waals surface area contributed by atoms with Gasteiger partial charge in [-0.15, -0.1) is 0 Å². The molecule has 1 aromatic carbocycles. The first-order chi connectivity index (χ1) is 20.5. The van der Waals surface area contributed by atoms with Crippen LogP contribution in [0.5, 0.6) is 0 Å². The summed E-state index contributed by atoms with van der Waals surface area (Å²) in [5, 5.41) is 7.08. The van der Waals surface area contributed by atoms with Crippen LogP contribution in [0.3, 0.4) is 0 Å². The van der Waals surface area contributed by atoms with Crippen LogP contribution in [0.15, 0.2) is 45.1 Å². The summed E-state index contributed by atoms with van der Waals surface area (Å²) >= 11 is 1.97. The lowest BCUT2D eigenvalue weighted by Crippen LogP contribution is -2.48. The van der Waals surface area contributed by atoms with Crippen molar-refractivity contribution >= 4 is 62.5 Å². The van der Waals surface area contributed by atoms with Gasteiger partial charge in [-0.3, -0.25) is 34.3 Å². The van der Waals surface area contributed by atoms with Gasteiger partial charge in [0.2, 0.25) is 5.91 Å². The maximum absolute atomic E-state index is 13.1. The third kappa shape index (κ3) is 12.1. The third-order valence-electron chi connectivity index (χ3n) is 5.42. The first-order valence-corrected chi connectivity index (χ1v) is 15.6. The molecule has 0 spiro atoms. The molecule has 1 atom stereocenters. The molecule has 0 aliphatic rings. The maximum Gasteiger partial charge on any atom is 0.428 e. The van der Waals surface area contributed by atoms with E-state index in [1.165, 1.54) is 32.4 Å². The second-order valence-corrected chi connectivity index (χ2v) is 13.1. The minimum Gasteiger partial charge on any atom is -0.443 e. The zero-order chi connectivity index (χ0) is 33.1. The van der Waals surface area contributed by atoms with Crippen molar-refractivity contribution in [3.63, 3.8) is 0 Å². The van der Waals surface area contributed by atoms with Crippen molar-refractivity contribution in [2.45, 2.75) is 57.1 Å². The number of aromatic nitrogens is 1. The van der Waals surface area contributed by atoms with Crippen molar-refractivity contribution in [1.82, 2.24) is 26.3 Å². The number of nitrogens with zero attached hydrogens (tertiary/aromatic N) is 2. The van der Waals surface area contributed by atoms with Crippen LogP contribution in [-0.4, -0.2) is 75.1 Å². The van der Waals surface area contributed by atoms with Gasteiger partial charge >= 0.3 is 6.09 Å². The Bertz CT molecular complexity index is 1520. The molecule has 1 heterocycles. The van der Waals surface area contributed by atoms with Crippen LogP contribution < -0.4 is 26.5 Å². The highest BCUT2D eigenvalue weighted by molar-refractivity contribution is 14.1. The van der Waals surface area contributed by atoms with Crippen LogP contribution in [0.2, 0.25) is 0 Å². The molecular formula is C26H36IN7O9S. The summed E-state index contributed by atoms with van der Waals surface area (Å²) in [5.74, 6) is -1.28. The van der Waals surface area contributed by atoms with Crippen molar-refractivity contribution in [2.24, 2.45) is 5.10 Å². The van der Waals surface area contributed by atoms with Crippen LogP contribution in [0.4, 0.5) is 10.5 Å². The third-order valence-corrected chi connectivity index (χ3v) is 7.44. The van der Waals surface area contributed by atoms with Gasteiger partial charge in [-0.2, -0.15) is 5.10 Å². The number of hydroxylamine groups is 3. The summed E-state index contributed by atoms with van der Waals surface area (Å²) in [6.07, 6.45) is -0.196. The zero-order valence-corrected chi connectivity index (χ0v) is 28.0.